The third-order valence-electron chi connectivity index (χ3n) is 3.62. The Bertz CT molecular complexity index is 156. The molecular formula is C11H21NO. The number of nitrogens with one attached hydrogen (secondary N) is 1. The van der Waals surface area contributed by atoms with Gasteiger partial charge in [0.05, 0.1) is 6.10 Å². The van der Waals surface area contributed by atoms with Crippen LogP contribution in [0.1, 0.15) is 44.9 Å². The smallest absolute Gasteiger partial charge is 0.0693 e. The number of rotatable bonds is 3. The Hall–Kier alpha value is -0.0800. The Labute approximate surface area is 80.7 Å². The van der Waals surface area contributed by atoms with Gasteiger partial charge in [-0.15, -0.1) is 0 Å². The molecule has 0 radical (unpaired) electrons. The summed E-state index contributed by atoms with van der Waals surface area (Å²) in [6, 6.07) is 0.398. The Balaban J connectivity index is 1.66. The second kappa shape index (κ2) is 4.43. The van der Waals surface area contributed by atoms with E-state index in [-0.39, 0.29) is 6.10 Å². The van der Waals surface area contributed by atoms with Gasteiger partial charge in [-0.3, -0.25) is 0 Å². The lowest BCUT2D eigenvalue weighted by molar-refractivity contribution is 0.0861. The van der Waals surface area contributed by atoms with Gasteiger partial charge in [0.1, 0.15) is 0 Å². The molecule has 2 fully saturated rings. The van der Waals surface area contributed by atoms with Crippen LogP contribution in [0.2, 0.25) is 0 Å². The monoisotopic (exact) mass is 183 g/mol. The molecule has 2 saturated carbocycles. The summed E-state index contributed by atoms with van der Waals surface area (Å²) < 4.78 is 0. The van der Waals surface area contributed by atoms with E-state index in [1.807, 2.05) is 0 Å². The molecule has 2 unspecified atom stereocenters. The van der Waals surface area contributed by atoms with E-state index in [0.717, 1.165) is 18.9 Å². The number of hydrogen-bond donors (Lipinski definition) is 2. The van der Waals surface area contributed by atoms with Crippen LogP contribution in [0.4, 0.5) is 0 Å². The van der Waals surface area contributed by atoms with Crippen LogP contribution in [0.25, 0.3) is 0 Å². The SMILES string of the molecule is OC1CCCCC1NCC1CCC1. The van der Waals surface area contributed by atoms with Crippen LogP contribution in [0.5, 0.6) is 0 Å². The molecule has 2 N–H and O–H groups in total. The molecule has 76 valence electrons. The molecule has 0 aromatic carbocycles. The van der Waals surface area contributed by atoms with Crippen molar-refractivity contribution in [1.82, 2.24) is 5.32 Å². The first kappa shape index (κ1) is 9.47. The van der Waals surface area contributed by atoms with Crippen LogP contribution >= 0.6 is 0 Å². The largest absolute Gasteiger partial charge is 0.392 e. The highest BCUT2D eigenvalue weighted by molar-refractivity contribution is 4.82. The zero-order valence-corrected chi connectivity index (χ0v) is 8.34. The fourth-order valence-corrected chi connectivity index (χ4v) is 2.36. The summed E-state index contributed by atoms with van der Waals surface area (Å²) in [5.74, 6) is 0.911. The molecule has 0 aromatic heterocycles. The van der Waals surface area contributed by atoms with Crippen molar-refractivity contribution in [1.29, 1.82) is 0 Å². The summed E-state index contributed by atoms with van der Waals surface area (Å²) in [7, 11) is 0. The number of aliphatic hydroxyl groups is 1. The van der Waals surface area contributed by atoms with E-state index < -0.39 is 0 Å². The van der Waals surface area contributed by atoms with Gasteiger partial charge >= 0.3 is 0 Å². The maximum absolute atomic E-state index is 9.71. The molecule has 0 aliphatic heterocycles. The highest BCUT2D eigenvalue weighted by atomic mass is 16.3. The first-order chi connectivity index (χ1) is 6.36. The third kappa shape index (κ3) is 2.44. The van der Waals surface area contributed by atoms with Gasteiger partial charge in [-0.2, -0.15) is 0 Å². The standard InChI is InChI=1S/C11H21NO/c13-11-7-2-1-6-10(11)12-8-9-4-3-5-9/h9-13H,1-8H2. The summed E-state index contributed by atoms with van der Waals surface area (Å²) in [5, 5.41) is 13.2. The summed E-state index contributed by atoms with van der Waals surface area (Å²) in [6.07, 6.45) is 8.82. The van der Waals surface area contributed by atoms with Gasteiger partial charge in [0.2, 0.25) is 0 Å². The molecule has 0 spiro atoms. The Kier molecular flexibility index (Phi) is 3.23. The van der Waals surface area contributed by atoms with Crippen molar-refractivity contribution < 1.29 is 5.11 Å². The lowest BCUT2D eigenvalue weighted by Crippen LogP contribution is -2.44. The van der Waals surface area contributed by atoms with Crippen molar-refractivity contribution >= 4 is 0 Å². The Morgan fingerprint density at radius 2 is 1.77 bits per heavy atom. The van der Waals surface area contributed by atoms with Crippen LogP contribution in [0, 0.1) is 5.92 Å². The van der Waals surface area contributed by atoms with E-state index in [4.69, 9.17) is 0 Å². The van der Waals surface area contributed by atoms with E-state index in [0.29, 0.717) is 6.04 Å². The molecule has 13 heavy (non-hydrogen) atoms. The summed E-state index contributed by atoms with van der Waals surface area (Å²) >= 11 is 0. The summed E-state index contributed by atoms with van der Waals surface area (Å²) in [6.45, 7) is 1.14. The van der Waals surface area contributed by atoms with E-state index >= 15 is 0 Å². The Morgan fingerprint density at radius 1 is 1.00 bits per heavy atom. The second-order valence-electron chi connectivity index (χ2n) is 4.66. The van der Waals surface area contributed by atoms with Gasteiger partial charge in [0.25, 0.3) is 0 Å². The molecule has 0 aromatic rings. The predicted molar refractivity (Wildman–Crippen MR) is 53.6 cm³/mol. The van der Waals surface area contributed by atoms with E-state index in [1.54, 1.807) is 0 Å². The average molecular weight is 183 g/mol. The van der Waals surface area contributed by atoms with Gasteiger partial charge in [-0.25, -0.2) is 0 Å². The number of hydrogen-bond acceptors (Lipinski definition) is 2. The maximum atomic E-state index is 9.71. The minimum absolute atomic E-state index is 0.0752. The van der Waals surface area contributed by atoms with Crippen molar-refractivity contribution in [2.24, 2.45) is 5.92 Å². The lowest BCUT2D eigenvalue weighted by Gasteiger charge is -2.32. The fraction of sp³-hybridized carbons (Fsp3) is 1.00. The lowest BCUT2D eigenvalue weighted by atomic mass is 9.84. The molecule has 2 aliphatic carbocycles. The van der Waals surface area contributed by atoms with Crippen molar-refractivity contribution in [3.63, 3.8) is 0 Å². The molecule has 0 bridgehead atoms. The molecule has 0 saturated heterocycles. The van der Waals surface area contributed by atoms with E-state index in [2.05, 4.69) is 5.32 Å². The molecule has 2 heteroatoms. The van der Waals surface area contributed by atoms with Crippen LogP contribution < -0.4 is 5.32 Å². The van der Waals surface area contributed by atoms with Crippen LogP contribution in [0.3, 0.4) is 0 Å². The minimum Gasteiger partial charge on any atom is -0.392 e. The van der Waals surface area contributed by atoms with Crippen LogP contribution in [0.15, 0.2) is 0 Å². The van der Waals surface area contributed by atoms with Crippen LogP contribution in [-0.4, -0.2) is 23.8 Å². The molecular weight excluding hydrogens is 162 g/mol. The molecule has 2 nitrogen and oxygen atoms in total. The maximum Gasteiger partial charge on any atom is 0.0693 e. The quantitative estimate of drug-likeness (QED) is 0.697. The van der Waals surface area contributed by atoms with Crippen molar-refractivity contribution in [2.45, 2.75) is 57.1 Å². The first-order valence-electron chi connectivity index (χ1n) is 5.78. The second-order valence-corrected chi connectivity index (χ2v) is 4.66. The Morgan fingerprint density at radius 3 is 2.38 bits per heavy atom. The van der Waals surface area contributed by atoms with Gasteiger partial charge in [-0.1, -0.05) is 19.3 Å². The molecule has 0 heterocycles. The van der Waals surface area contributed by atoms with Gasteiger partial charge < -0.3 is 10.4 Å². The van der Waals surface area contributed by atoms with Crippen molar-refractivity contribution in [2.75, 3.05) is 6.54 Å². The normalized spacial score (nSPS) is 35.8. The van der Waals surface area contributed by atoms with Gasteiger partial charge in [-0.05, 0) is 38.1 Å². The predicted octanol–water partition coefficient (Wildman–Crippen LogP) is 1.68. The topological polar surface area (TPSA) is 32.3 Å². The zero-order chi connectivity index (χ0) is 9.10. The molecule has 2 atom stereocenters. The molecule has 2 aliphatic rings. The summed E-state index contributed by atoms with van der Waals surface area (Å²) in [5.41, 5.74) is 0. The first-order valence-corrected chi connectivity index (χ1v) is 5.78. The van der Waals surface area contributed by atoms with E-state index in [1.165, 1.54) is 38.5 Å². The zero-order valence-electron chi connectivity index (χ0n) is 8.34. The van der Waals surface area contributed by atoms with E-state index in [9.17, 15) is 5.11 Å². The van der Waals surface area contributed by atoms with Crippen LogP contribution in [-0.2, 0) is 0 Å². The molecule has 0 amide bonds. The van der Waals surface area contributed by atoms with Crippen molar-refractivity contribution in [3.8, 4) is 0 Å². The average Bonchev–Trinajstić information content (AvgIpc) is 2.05. The number of aliphatic hydroxyl groups excluding tert-OH is 1. The highest BCUT2D eigenvalue weighted by Crippen LogP contribution is 2.26. The van der Waals surface area contributed by atoms with Gasteiger partial charge in [0.15, 0.2) is 0 Å². The highest BCUT2D eigenvalue weighted by Gasteiger charge is 2.24. The third-order valence-corrected chi connectivity index (χ3v) is 3.62. The van der Waals surface area contributed by atoms with Crippen molar-refractivity contribution in [3.05, 3.63) is 0 Å². The van der Waals surface area contributed by atoms with Gasteiger partial charge in [0, 0.05) is 6.04 Å². The summed E-state index contributed by atoms with van der Waals surface area (Å²) in [4.78, 5) is 0. The molecule has 2 rings (SSSR count). The minimum atomic E-state index is -0.0752. The fourth-order valence-electron chi connectivity index (χ4n) is 2.36.